The van der Waals surface area contributed by atoms with Crippen LogP contribution in [0.5, 0.6) is 0 Å². The van der Waals surface area contributed by atoms with Crippen molar-refractivity contribution in [1.82, 2.24) is 19.4 Å². The summed E-state index contributed by atoms with van der Waals surface area (Å²) in [6, 6.07) is 83.4. The van der Waals surface area contributed by atoms with E-state index >= 15 is 0 Å². The fraction of sp³-hybridized carbons (Fsp3) is 0. The maximum absolute atomic E-state index is 5.44. The standard InChI is InChI=1S/C61H40N4P2Se2/c68-66(46-16-5-1-6-17-46,47-18-7-2-8-19-47)50-29-25-43-35-45(39-62-57(43)38-50)42-27-31-53-54-32-26-41-15-13-14-24-52(41)60(54)61-64-56-33-28-44(37-59(56)65(61)58(53)36-42)55-34-30-51(40-63-55)67(69,48-20-9-3-10-21-48)49-22-11-4-12-23-49/h1-40H. The number of rotatable bonds is 8. The van der Waals surface area contributed by atoms with E-state index in [1.807, 2.05) is 6.20 Å². The Morgan fingerprint density at radius 3 is 1.57 bits per heavy atom. The second kappa shape index (κ2) is 17.0. The molecule has 4 aromatic heterocycles. The average molecular weight is 1050 g/mol. The van der Waals surface area contributed by atoms with Crippen LogP contribution in [-0.4, -0.2) is 49.5 Å². The van der Waals surface area contributed by atoms with E-state index in [2.05, 4.69) is 271 Å². The van der Waals surface area contributed by atoms with E-state index in [1.54, 1.807) is 0 Å². The first-order valence-electron chi connectivity index (χ1n) is 22.9. The minimum atomic E-state index is -2.05. The summed E-state index contributed by atoms with van der Waals surface area (Å²) in [4.78, 5) is 15.8. The van der Waals surface area contributed by atoms with E-state index in [-0.39, 0.29) is 0 Å². The number of hydrogen-bond acceptors (Lipinski definition) is 3. The summed E-state index contributed by atoms with van der Waals surface area (Å²) in [5.41, 5.74) is 4.99. The third-order valence-corrected chi connectivity index (χ3v) is 27.6. The molecule has 0 radical (unpaired) electrons. The zero-order valence-electron chi connectivity index (χ0n) is 37.1. The Bertz CT molecular complexity index is 4150. The summed E-state index contributed by atoms with van der Waals surface area (Å²) in [6.07, 6.45) is 4.10. The van der Waals surface area contributed by atoms with Gasteiger partial charge in [0.05, 0.1) is 0 Å². The molecule has 69 heavy (non-hydrogen) atoms. The summed E-state index contributed by atoms with van der Waals surface area (Å²) >= 11 is 7.39. The van der Waals surface area contributed by atoms with Crippen molar-refractivity contribution in [2.75, 3.05) is 0 Å². The fourth-order valence-electron chi connectivity index (χ4n) is 10.2. The third-order valence-electron chi connectivity index (χ3n) is 13.6. The molecule has 13 rings (SSSR count). The first kappa shape index (κ1) is 42.3. The number of pyridine rings is 3. The molecule has 9 aromatic carbocycles. The number of fused-ring (bicyclic) bond motifs is 11. The minimum absolute atomic E-state index is 0.915. The Kier molecular flexibility index (Phi) is 10.4. The summed E-state index contributed by atoms with van der Waals surface area (Å²) in [7, 11) is 0. The van der Waals surface area contributed by atoms with E-state index in [0.717, 1.165) is 60.9 Å². The van der Waals surface area contributed by atoms with Gasteiger partial charge in [0.1, 0.15) is 0 Å². The second-order valence-corrected chi connectivity index (χ2v) is 29.9. The molecule has 0 bridgehead atoms. The monoisotopic (exact) mass is 1050 g/mol. The van der Waals surface area contributed by atoms with E-state index in [0.29, 0.717) is 0 Å². The van der Waals surface area contributed by atoms with Gasteiger partial charge in [0.15, 0.2) is 0 Å². The van der Waals surface area contributed by atoms with Crippen molar-refractivity contribution in [3.05, 3.63) is 243 Å². The second-order valence-electron chi connectivity index (χ2n) is 17.5. The van der Waals surface area contributed by atoms with Gasteiger partial charge in [-0.25, -0.2) is 0 Å². The van der Waals surface area contributed by atoms with Crippen LogP contribution >= 0.6 is 11.0 Å². The molecule has 0 aliphatic rings. The van der Waals surface area contributed by atoms with Crippen molar-refractivity contribution in [2.45, 2.75) is 0 Å². The molecule has 0 amide bonds. The molecule has 0 spiro atoms. The summed E-state index contributed by atoms with van der Waals surface area (Å²) in [6.45, 7) is 0. The van der Waals surface area contributed by atoms with E-state index in [9.17, 15) is 0 Å². The van der Waals surface area contributed by atoms with Crippen molar-refractivity contribution < 1.29 is 0 Å². The number of aromatic nitrogens is 4. The summed E-state index contributed by atoms with van der Waals surface area (Å²) in [5.74, 6) is 0. The molecule has 13 aromatic rings. The number of benzene rings is 9. The van der Waals surface area contributed by atoms with Crippen LogP contribution in [0.25, 0.3) is 82.4 Å². The Hall–Kier alpha value is -6.83. The van der Waals surface area contributed by atoms with Crippen molar-refractivity contribution in [2.24, 2.45) is 0 Å². The first-order valence-corrected chi connectivity index (χ1v) is 31.0. The van der Waals surface area contributed by atoms with Gasteiger partial charge in [0.2, 0.25) is 0 Å². The fourth-order valence-corrected chi connectivity index (χ4v) is 19.9. The molecule has 0 fully saturated rings. The van der Waals surface area contributed by atoms with Crippen LogP contribution in [0.3, 0.4) is 0 Å². The van der Waals surface area contributed by atoms with Gasteiger partial charge in [0, 0.05) is 0 Å². The van der Waals surface area contributed by atoms with Crippen LogP contribution in [0.15, 0.2) is 243 Å². The molecule has 4 heterocycles. The molecule has 0 aliphatic heterocycles. The zero-order valence-corrected chi connectivity index (χ0v) is 42.3. The van der Waals surface area contributed by atoms with Crippen LogP contribution in [0.4, 0.5) is 0 Å². The quantitative estimate of drug-likeness (QED) is 0.0865. The van der Waals surface area contributed by atoms with Crippen LogP contribution in [0, 0.1) is 0 Å². The van der Waals surface area contributed by atoms with Crippen molar-refractivity contribution in [3.63, 3.8) is 0 Å². The van der Waals surface area contributed by atoms with Crippen molar-refractivity contribution in [3.8, 4) is 22.4 Å². The molecule has 0 unspecified atom stereocenters. The van der Waals surface area contributed by atoms with E-state index in [4.69, 9.17) is 15.0 Å². The Morgan fingerprint density at radius 1 is 0.348 bits per heavy atom. The molecule has 8 heteroatoms. The summed E-state index contributed by atoms with van der Waals surface area (Å²) < 4.78 is 2.37. The molecule has 326 valence electrons. The maximum atomic E-state index is 5.44. The van der Waals surface area contributed by atoms with E-state index < -0.39 is 11.0 Å². The SMILES string of the molecule is [Se]=P(c1ccccc1)(c1ccccc1)c1ccc(-c2ccc3nc4c5c6ccccc6ccc5c5ccc(-c6cnc7cc(P(=[Se])(c8ccccc8)c8ccccc8)ccc7c6)cc5n4c3c2)nc1. The van der Waals surface area contributed by atoms with Gasteiger partial charge in [-0.15, -0.1) is 0 Å². The summed E-state index contributed by atoms with van der Waals surface area (Å²) in [5, 5.41) is 14.6. The van der Waals surface area contributed by atoms with Gasteiger partial charge < -0.3 is 0 Å². The first-order chi connectivity index (χ1) is 33.9. The Labute approximate surface area is 414 Å². The molecule has 0 saturated carbocycles. The van der Waals surface area contributed by atoms with Crippen molar-refractivity contribution >= 4 is 133 Å². The normalized spacial score (nSPS) is 12.2. The van der Waals surface area contributed by atoms with Crippen LogP contribution in [0.2, 0.25) is 0 Å². The van der Waals surface area contributed by atoms with Gasteiger partial charge in [0.25, 0.3) is 0 Å². The third kappa shape index (κ3) is 6.98. The average Bonchev–Trinajstić information content (AvgIpc) is 3.82. The van der Waals surface area contributed by atoms with E-state index in [1.165, 1.54) is 53.4 Å². The Morgan fingerprint density at radius 2 is 0.913 bits per heavy atom. The Balaban J connectivity index is 0.959. The number of hydrogen-bond donors (Lipinski definition) is 0. The van der Waals surface area contributed by atoms with Crippen LogP contribution < -0.4 is 31.8 Å². The molecule has 0 saturated heterocycles. The topological polar surface area (TPSA) is 43.1 Å². The van der Waals surface area contributed by atoms with Crippen molar-refractivity contribution in [1.29, 1.82) is 0 Å². The predicted octanol–water partition coefficient (Wildman–Crippen LogP) is 12.0. The molecule has 4 nitrogen and oxygen atoms in total. The van der Waals surface area contributed by atoms with Gasteiger partial charge in [-0.05, 0) is 5.39 Å². The van der Waals surface area contributed by atoms with Crippen LogP contribution in [0.1, 0.15) is 0 Å². The molecular weight excluding hydrogens is 1010 g/mol. The van der Waals surface area contributed by atoms with Gasteiger partial charge in [-0.2, -0.15) is 0 Å². The number of imidazole rings is 1. The molecule has 0 atom stereocenters. The predicted molar refractivity (Wildman–Crippen MR) is 298 cm³/mol. The molecular formula is C61H40N4P2Se2. The van der Waals surface area contributed by atoms with Gasteiger partial charge in [-0.3, -0.25) is 0 Å². The zero-order chi connectivity index (χ0) is 46.1. The molecule has 0 aliphatic carbocycles. The number of nitrogens with zero attached hydrogens (tertiary/aromatic N) is 4. The van der Waals surface area contributed by atoms with Gasteiger partial charge >= 0.3 is 376 Å². The van der Waals surface area contributed by atoms with Gasteiger partial charge in [-0.1, -0.05) is 36.4 Å². The molecule has 0 N–H and O–H groups in total. The van der Waals surface area contributed by atoms with Crippen LogP contribution in [-0.2, 0) is 0 Å².